The molecule has 0 radical (unpaired) electrons. The molecular weight excluding hydrogens is 103 g/mol. The smallest absolute Gasteiger partial charge is 0.213 e. The van der Waals surface area contributed by atoms with E-state index in [2.05, 4.69) is 9.20 Å². The van der Waals surface area contributed by atoms with Gasteiger partial charge < -0.3 is 0 Å². The van der Waals surface area contributed by atoms with Crippen LogP contribution in [0.2, 0.25) is 0 Å². The fourth-order valence-electron chi connectivity index (χ4n) is 0.0373. The molecule has 0 aliphatic rings. The Bertz CT molecular complexity index is 28.0. The van der Waals surface area contributed by atoms with E-state index >= 15 is 0 Å². The van der Waals surface area contributed by atoms with Crippen LogP contribution in [-0.4, -0.2) is 19.0 Å². The van der Waals surface area contributed by atoms with E-state index in [1.807, 2.05) is 0 Å². The summed E-state index contributed by atoms with van der Waals surface area (Å²) in [7, 11) is 0.178. The summed E-state index contributed by atoms with van der Waals surface area (Å²) in [5.74, 6) is 0. The number of rotatable bonds is 2. The van der Waals surface area contributed by atoms with Crippen LogP contribution < -0.4 is 0 Å². The van der Waals surface area contributed by atoms with Gasteiger partial charge in [-0.1, -0.05) is 4.67 Å². The van der Waals surface area contributed by atoms with E-state index in [1.54, 1.807) is 6.66 Å². The molecular formula is C2H8O3P+. The van der Waals surface area contributed by atoms with Crippen LogP contribution in [0.25, 0.3) is 0 Å². The highest BCUT2D eigenvalue weighted by molar-refractivity contribution is 7.46. The molecule has 0 saturated carbocycles. The van der Waals surface area contributed by atoms with Crippen molar-refractivity contribution in [3.63, 3.8) is 0 Å². The van der Waals surface area contributed by atoms with Gasteiger partial charge in [-0.05, 0) is 0 Å². The van der Waals surface area contributed by atoms with Crippen molar-refractivity contribution in [1.82, 2.24) is 0 Å². The Kier molecular flexibility index (Phi) is 3.68. The predicted octanol–water partition coefficient (Wildman–Crippen LogP) is 0.796. The Morgan fingerprint density at radius 1 is 1.67 bits per heavy atom. The molecule has 0 bridgehead atoms. The minimum Gasteiger partial charge on any atom is -0.213 e. The number of hydrogen-bond donors (Lipinski definition) is 1. The van der Waals surface area contributed by atoms with E-state index in [0.29, 0.717) is 0 Å². The van der Waals surface area contributed by atoms with Crippen molar-refractivity contribution in [2.24, 2.45) is 0 Å². The van der Waals surface area contributed by atoms with E-state index in [-0.39, 0.29) is 0 Å². The van der Waals surface area contributed by atoms with Crippen LogP contribution in [0.15, 0.2) is 0 Å². The maximum absolute atomic E-state index is 7.76. The maximum atomic E-state index is 7.76. The van der Waals surface area contributed by atoms with Gasteiger partial charge in [-0.15, -0.1) is 0 Å². The van der Waals surface area contributed by atoms with E-state index in [4.69, 9.17) is 5.26 Å². The first-order valence-electron chi connectivity index (χ1n) is 1.50. The molecule has 4 heteroatoms. The average molecular weight is 111 g/mol. The van der Waals surface area contributed by atoms with Crippen molar-refractivity contribution < 1.29 is 14.5 Å². The zero-order valence-corrected chi connectivity index (χ0v) is 4.76. The standard InChI is InChI=1S/C2H7O3P/c1-4-6(2)5-3/h3H,1-2H3/p+1. The average Bonchev–Trinajstić information content (AvgIpc) is 1.65. The van der Waals surface area contributed by atoms with Crippen LogP contribution in [0.3, 0.4) is 0 Å². The Hall–Kier alpha value is 0.310. The summed E-state index contributed by atoms with van der Waals surface area (Å²) in [5.41, 5.74) is 0. The van der Waals surface area contributed by atoms with Gasteiger partial charge in [-0.2, -0.15) is 0 Å². The van der Waals surface area contributed by atoms with E-state index in [1.165, 1.54) is 7.11 Å². The highest BCUT2D eigenvalue weighted by Gasteiger charge is 2.02. The first kappa shape index (κ1) is 6.31. The summed E-state index contributed by atoms with van der Waals surface area (Å²) >= 11 is 0. The molecule has 0 aromatic heterocycles. The van der Waals surface area contributed by atoms with Crippen molar-refractivity contribution in [1.29, 1.82) is 0 Å². The molecule has 0 rings (SSSR count). The van der Waals surface area contributed by atoms with Crippen molar-refractivity contribution in [3.8, 4) is 0 Å². The Morgan fingerprint density at radius 3 is 2.17 bits per heavy atom. The fourth-order valence-corrected chi connectivity index (χ4v) is 0.112. The topological polar surface area (TPSA) is 38.7 Å². The second kappa shape index (κ2) is 3.50. The molecule has 0 amide bonds. The van der Waals surface area contributed by atoms with Gasteiger partial charge in [-0.3, -0.25) is 0 Å². The lowest BCUT2D eigenvalue weighted by Crippen LogP contribution is -1.75. The summed E-state index contributed by atoms with van der Waals surface area (Å²) in [4.78, 5) is 0. The molecule has 0 aliphatic heterocycles. The van der Waals surface area contributed by atoms with Crippen molar-refractivity contribution in [2.75, 3.05) is 13.8 Å². The first-order chi connectivity index (χ1) is 2.81. The lowest BCUT2D eigenvalue weighted by atomic mass is 11.8. The molecule has 38 valence electrons. The second-order valence-electron chi connectivity index (χ2n) is 0.787. The zero-order chi connectivity index (χ0) is 4.99. The molecule has 0 fully saturated rings. The first-order valence-corrected chi connectivity index (χ1v) is 3.32. The van der Waals surface area contributed by atoms with Gasteiger partial charge in [-0.25, -0.2) is 9.78 Å². The monoisotopic (exact) mass is 111 g/mol. The van der Waals surface area contributed by atoms with Gasteiger partial charge in [0, 0.05) is 0 Å². The molecule has 0 aromatic carbocycles. The van der Waals surface area contributed by atoms with Gasteiger partial charge in [0.1, 0.15) is 6.66 Å². The molecule has 0 heterocycles. The van der Waals surface area contributed by atoms with E-state index in [0.717, 1.165) is 0 Å². The molecule has 3 nitrogen and oxygen atoms in total. The van der Waals surface area contributed by atoms with Gasteiger partial charge in [0.25, 0.3) is 0 Å². The van der Waals surface area contributed by atoms with Gasteiger partial charge in [0.15, 0.2) is 0 Å². The van der Waals surface area contributed by atoms with Crippen molar-refractivity contribution in [2.45, 2.75) is 0 Å². The van der Waals surface area contributed by atoms with Crippen LogP contribution in [0.5, 0.6) is 0 Å². The minimum atomic E-state index is -1.31. The van der Waals surface area contributed by atoms with Crippen LogP contribution in [0.1, 0.15) is 0 Å². The Labute approximate surface area is 37.7 Å². The third-order valence-electron chi connectivity index (χ3n) is 0.416. The largest absolute Gasteiger partial charge is 0.300 e. The summed E-state index contributed by atoms with van der Waals surface area (Å²) in [6.45, 7) is 1.69. The maximum Gasteiger partial charge on any atom is 0.300 e. The lowest BCUT2D eigenvalue weighted by Gasteiger charge is -1.88. The molecule has 1 unspecified atom stereocenters. The van der Waals surface area contributed by atoms with Crippen molar-refractivity contribution >= 4 is 8.38 Å². The molecule has 6 heavy (non-hydrogen) atoms. The highest BCUT2D eigenvalue weighted by atomic mass is 31.2. The van der Waals surface area contributed by atoms with Gasteiger partial charge >= 0.3 is 8.38 Å². The van der Waals surface area contributed by atoms with Crippen LogP contribution in [0.4, 0.5) is 0 Å². The highest BCUT2D eigenvalue weighted by Crippen LogP contribution is 2.29. The van der Waals surface area contributed by atoms with Gasteiger partial charge in [0.2, 0.25) is 0 Å². The lowest BCUT2D eigenvalue weighted by molar-refractivity contribution is -0.136. The SMILES string of the molecule is CO[PH+](C)OO. The second-order valence-corrected chi connectivity index (χ2v) is 2.36. The van der Waals surface area contributed by atoms with Crippen LogP contribution in [-0.2, 0) is 9.20 Å². The summed E-state index contributed by atoms with van der Waals surface area (Å²) < 4.78 is 8.31. The third-order valence-corrected chi connectivity index (χ3v) is 1.25. The van der Waals surface area contributed by atoms with Gasteiger partial charge in [0.05, 0.1) is 7.11 Å². The third kappa shape index (κ3) is 2.54. The minimum absolute atomic E-state index is 1.31. The van der Waals surface area contributed by atoms with Crippen molar-refractivity contribution in [3.05, 3.63) is 0 Å². The normalized spacial score (nSPS) is 14.5. The molecule has 1 atom stereocenters. The van der Waals surface area contributed by atoms with E-state index < -0.39 is 8.38 Å². The summed E-state index contributed by atoms with van der Waals surface area (Å²) in [5, 5.41) is 7.76. The van der Waals surface area contributed by atoms with Crippen LogP contribution >= 0.6 is 8.38 Å². The molecule has 0 aliphatic carbocycles. The number of hydrogen-bond acceptors (Lipinski definition) is 3. The molecule has 1 N–H and O–H groups in total. The fraction of sp³-hybridized carbons (Fsp3) is 1.00. The predicted molar refractivity (Wildman–Crippen MR) is 25.0 cm³/mol. The Balaban J connectivity index is 2.75. The molecule has 0 saturated heterocycles. The van der Waals surface area contributed by atoms with E-state index in [9.17, 15) is 0 Å². The quantitative estimate of drug-likeness (QED) is 0.325. The molecule has 0 spiro atoms. The Morgan fingerprint density at radius 2 is 2.17 bits per heavy atom. The zero-order valence-electron chi connectivity index (χ0n) is 3.76. The summed E-state index contributed by atoms with van der Waals surface area (Å²) in [6, 6.07) is 0. The molecule has 0 aromatic rings. The van der Waals surface area contributed by atoms with Crippen LogP contribution in [0, 0.1) is 0 Å². The summed E-state index contributed by atoms with van der Waals surface area (Å²) in [6.07, 6.45) is 0.